The molecule has 6 nitrogen and oxygen atoms in total. The molecule has 1 N–H and O–H groups in total. The lowest BCUT2D eigenvalue weighted by Gasteiger charge is -2.22. The summed E-state index contributed by atoms with van der Waals surface area (Å²) in [4.78, 5) is 6.48. The van der Waals surface area contributed by atoms with Gasteiger partial charge in [-0.2, -0.15) is 0 Å². The second-order valence-electron chi connectivity index (χ2n) is 5.51. The molecule has 0 aliphatic carbocycles. The van der Waals surface area contributed by atoms with Crippen LogP contribution in [0.5, 0.6) is 17.2 Å². The molecule has 0 aliphatic rings. The van der Waals surface area contributed by atoms with Gasteiger partial charge >= 0.3 is 0 Å². The van der Waals surface area contributed by atoms with E-state index in [-0.39, 0.29) is 0 Å². The number of aliphatic imine (C=N–C) groups is 1. The Morgan fingerprint density at radius 1 is 1.12 bits per heavy atom. The summed E-state index contributed by atoms with van der Waals surface area (Å²) in [5, 5.41) is 3.39. The van der Waals surface area contributed by atoms with E-state index >= 15 is 0 Å². The molecule has 1 aromatic carbocycles. The van der Waals surface area contributed by atoms with Gasteiger partial charge in [0, 0.05) is 44.9 Å². The summed E-state index contributed by atoms with van der Waals surface area (Å²) in [7, 11) is 8.80. The standard InChI is InChI=1S/C18H31N3O3/c1-7-8-11-21(3)18(19-2)20-10-9-15-16(23-5)12-14(22-4)13-17(15)24-6/h12-13H,7-11H2,1-6H3,(H,19,20). The summed E-state index contributed by atoms with van der Waals surface area (Å²) in [6.45, 7) is 3.92. The van der Waals surface area contributed by atoms with E-state index in [4.69, 9.17) is 14.2 Å². The number of methoxy groups -OCH3 is 3. The Bertz CT molecular complexity index is 507. The zero-order valence-corrected chi connectivity index (χ0v) is 15.8. The van der Waals surface area contributed by atoms with Crippen LogP contribution >= 0.6 is 0 Å². The molecule has 1 aromatic rings. The zero-order chi connectivity index (χ0) is 17.9. The molecule has 1 rings (SSSR count). The maximum absolute atomic E-state index is 5.49. The van der Waals surface area contributed by atoms with Gasteiger partial charge in [-0.05, 0) is 12.8 Å². The molecule has 0 heterocycles. The Labute approximate surface area is 145 Å². The van der Waals surface area contributed by atoms with Crippen LogP contribution in [0.4, 0.5) is 0 Å². The quantitative estimate of drug-likeness (QED) is 0.554. The summed E-state index contributed by atoms with van der Waals surface area (Å²) in [5.74, 6) is 3.15. The minimum absolute atomic E-state index is 0.718. The van der Waals surface area contributed by atoms with E-state index in [1.54, 1.807) is 28.4 Å². The second kappa shape index (κ2) is 10.6. The van der Waals surface area contributed by atoms with Crippen molar-refractivity contribution in [3.05, 3.63) is 17.7 Å². The minimum atomic E-state index is 0.718. The van der Waals surface area contributed by atoms with Gasteiger partial charge in [-0.3, -0.25) is 4.99 Å². The Balaban J connectivity index is 2.76. The maximum atomic E-state index is 5.49. The molecular weight excluding hydrogens is 306 g/mol. The average Bonchev–Trinajstić information content (AvgIpc) is 2.62. The van der Waals surface area contributed by atoms with Crippen molar-refractivity contribution in [1.82, 2.24) is 10.2 Å². The Morgan fingerprint density at radius 3 is 2.21 bits per heavy atom. The normalized spacial score (nSPS) is 11.2. The number of benzene rings is 1. The molecule has 0 spiro atoms. The highest BCUT2D eigenvalue weighted by molar-refractivity contribution is 5.79. The first-order valence-electron chi connectivity index (χ1n) is 8.31. The van der Waals surface area contributed by atoms with Crippen LogP contribution in [0.2, 0.25) is 0 Å². The highest BCUT2D eigenvalue weighted by Crippen LogP contribution is 2.34. The van der Waals surface area contributed by atoms with Crippen LogP contribution in [0.25, 0.3) is 0 Å². The van der Waals surface area contributed by atoms with Crippen LogP contribution in [-0.2, 0) is 6.42 Å². The largest absolute Gasteiger partial charge is 0.496 e. The van der Waals surface area contributed by atoms with Crippen molar-refractivity contribution >= 4 is 5.96 Å². The SMILES string of the molecule is CCCCN(C)C(=NC)NCCc1c(OC)cc(OC)cc1OC. The third-order valence-corrected chi connectivity index (χ3v) is 3.90. The first-order chi connectivity index (χ1) is 11.6. The summed E-state index contributed by atoms with van der Waals surface area (Å²) >= 11 is 0. The van der Waals surface area contributed by atoms with Gasteiger partial charge in [-0.1, -0.05) is 13.3 Å². The highest BCUT2D eigenvalue weighted by Gasteiger charge is 2.13. The predicted molar refractivity (Wildman–Crippen MR) is 98.7 cm³/mol. The fourth-order valence-corrected chi connectivity index (χ4v) is 2.51. The van der Waals surface area contributed by atoms with Crippen LogP contribution in [0.3, 0.4) is 0 Å². The Morgan fingerprint density at radius 2 is 1.75 bits per heavy atom. The predicted octanol–water partition coefficient (Wildman–Crippen LogP) is 2.56. The zero-order valence-electron chi connectivity index (χ0n) is 15.8. The van der Waals surface area contributed by atoms with Crippen LogP contribution in [0.1, 0.15) is 25.3 Å². The lowest BCUT2D eigenvalue weighted by Crippen LogP contribution is -2.40. The van der Waals surface area contributed by atoms with Gasteiger partial charge in [0.15, 0.2) is 5.96 Å². The molecule has 0 aliphatic heterocycles. The van der Waals surface area contributed by atoms with Crippen LogP contribution in [0.15, 0.2) is 17.1 Å². The molecule has 24 heavy (non-hydrogen) atoms. The molecule has 0 amide bonds. The number of nitrogens with zero attached hydrogens (tertiary/aromatic N) is 2. The van der Waals surface area contributed by atoms with Gasteiger partial charge in [-0.15, -0.1) is 0 Å². The number of guanidine groups is 1. The third kappa shape index (κ3) is 5.51. The molecule has 0 bridgehead atoms. The summed E-state index contributed by atoms with van der Waals surface area (Å²) in [6.07, 6.45) is 3.08. The molecule has 6 heteroatoms. The van der Waals surface area contributed by atoms with Gasteiger partial charge in [0.25, 0.3) is 0 Å². The first-order valence-corrected chi connectivity index (χ1v) is 8.31. The van der Waals surface area contributed by atoms with Crippen molar-refractivity contribution in [2.24, 2.45) is 4.99 Å². The summed E-state index contributed by atoms with van der Waals surface area (Å²) in [5.41, 5.74) is 1.01. The van der Waals surface area contributed by atoms with Crippen LogP contribution < -0.4 is 19.5 Å². The van der Waals surface area contributed by atoms with E-state index in [9.17, 15) is 0 Å². The number of unbranched alkanes of at least 4 members (excludes halogenated alkanes) is 1. The molecule has 0 aromatic heterocycles. The van der Waals surface area contributed by atoms with Gasteiger partial charge in [0.2, 0.25) is 0 Å². The van der Waals surface area contributed by atoms with E-state index in [1.807, 2.05) is 12.1 Å². The molecule has 0 saturated carbocycles. The van der Waals surface area contributed by atoms with Crippen molar-refractivity contribution in [1.29, 1.82) is 0 Å². The molecule has 0 saturated heterocycles. The average molecular weight is 337 g/mol. The monoisotopic (exact) mass is 337 g/mol. The first kappa shape index (κ1) is 19.9. The molecular formula is C18H31N3O3. The summed E-state index contributed by atoms with van der Waals surface area (Å²) < 4.78 is 16.3. The van der Waals surface area contributed by atoms with E-state index < -0.39 is 0 Å². The number of ether oxygens (including phenoxy) is 3. The van der Waals surface area contributed by atoms with Crippen molar-refractivity contribution in [2.75, 3.05) is 48.5 Å². The van der Waals surface area contributed by atoms with Gasteiger partial charge in [0.1, 0.15) is 17.2 Å². The lowest BCUT2D eigenvalue weighted by molar-refractivity contribution is 0.368. The van der Waals surface area contributed by atoms with Gasteiger partial charge < -0.3 is 24.4 Å². The van der Waals surface area contributed by atoms with Crippen molar-refractivity contribution in [3.63, 3.8) is 0 Å². The van der Waals surface area contributed by atoms with E-state index in [1.165, 1.54) is 6.42 Å². The molecule has 0 fully saturated rings. The molecule has 136 valence electrons. The third-order valence-electron chi connectivity index (χ3n) is 3.90. The number of hydrogen-bond acceptors (Lipinski definition) is 4. The number of nitrogens with one attached hydrogen (secondary N) is 1. The summed E-state index contributed by atoms with van der Waals surface area (Å²) in [6, 6.07) is 3.75. The fraction of sp³-hybridized carbons (Fsp3) is 0.611. The second-order valence-corrected chi connectivity index (χ2v) is 5.51. The lowest BCUT2D eigenvalue weighted by atomic mass is 10.1. The minimum Gasteiger partial charge on any atom is -0.496 e. The Hall–Kier alpha value is -2.11. The topological polar surface area (TPSA) is 55.3 Å². The van der Waals surface area contributed by atoms with Crippen LogP contribution in [-0.4, -0.2) is 59.4 Å². The fourth-order valence-electron chi connectivity index (χ4n) is 2.51. The van der Waals surface area contributed by atoms with E-state index in [0.717, 1.165) is 54.7 Å². The van der Waals surface area contributed by atoms with Crippen molar-refractivity contribution in [3.8, 4) is 17.2 Å². The molecule has 0 radical (unpaired) electrons. The van der Waals surface area contributed by atoms with Crippen molar-refractivity contribution in [2.45, 2.75) is 26.2 Å². The van der Waals surface area contributed by atoms with E-state index in [2.05, 4.69) is 29.2 Å². The molecule has 0 unspecified atom stereocenters. The number of hydrogen-bond donors (Lipinski definition) is 1. The van der Waals surface area contributed by atoms with Gasteiger partial charge in [0.05, 0.1) is 21.3 Å². The van der Waals surface area contributed by atoms with Crippen LogP contribution in [0, 0.1) is 0 Å². The highest BCUT2D eigenvalue weighted by atomic mass is 16.5. The smallest absolute Gasteiger partial charge is 0.193 e. The molecule has 0 atom stereocenters. The number of rotatable bonds is 9. The Kier molecular flexibility index (Phi) is 8.83. The van der Waals surface area contributed by atoms with Gasteiger partial charge in [-0.25, -0.2) is 0 Å². The van der Waals surface area contributed by atoms with E-state index in [0.29, 0.717) is 0 Å². The maximum Gasteiger partial charge on any atom is 0.193 e. The van der Waals surface area contributed by atoms with Crippen molar-refractivity contribution < 1.29 is 14.2 Å².